The highest BCUT2D eigenvalue weighted by atomic mass is 32.1. The Hall–Kier alpha value is -0.370. The van der Waals surface area contributed by atoms with Gasteiger partial charge in [-0.15, -0.1) is 0 Å². The minimum atomic E-state index is 0.503. The summed E-state index contributed by atoms with van der Waals surface area (Å²) in [6.07, 6.45) is 3.75. The second-order valence-corrected chi connectivity index (χ2v) is 2.13. The molecule has 0 bridgehead atoms. The van der Waals surface area contributed by atoms with Gasteiger partial charge in [-0.25, -0.2) is 0 Å². The van der Waals surface area contributed by atoms with Gasteiger partial charge in [-0.3, -0.25) is 0 Å². The van der Waals surface area contributed by atoms with Crippen molar-refractivity contribution >= 4 is 17.3 Å². The second kappa shape index (κ2) is 5.76. The Morgan fingerprint density at radius 2 is 2.44 bits per heavy atom. The first kappa shape index (κ1) is 8.63. The van der Waals surface area contributed by atoms with E-state index >= 15 is 0 Å². The van der Waals surface area contributed by atoms with Gasteiger partial charge in [0.15, 0.2) is 5.05 Å². The zero-order valence-electron chi connectivity index (χ0n) is 5.72. The molecular weight excluding hydrogens is 132 g/mol. The summed E-state index contributed by atoms with van der Waals surface area (Å²) in [4.78, 5) is 0. The Morgan fingerprint density at radius 3 is 2.89 bits per heavy atom. The Morgan fingerprint density at radius 1 is 1.78 bits per heavy atom. The fourth-order valence-corrected chi connectivity index (χ4v) is 0.459. The lowest BCUT2D eigenvalue weighted by Crippen LogP contribution is -1.98. The van der Waals surface area contributed by atoms with E-state index in [4.69, 9.17) is 17.0 Å². The number of rotatable bonds is 4. The van der Waals surface area contributed by atoms with E-state index in [0.29, 0.717) is 5.05 Å². The molecule has 0 unspecified atom stereocenters. The molecule has 0 aromatic rings. The van der Waals surface area contributed by atoms with Crippen molar-refractivity contribution in [3.05, 3.63) is 12.7 Å². The Balaban J connectivity index is 3.07. The zero-order chi connectivity index (χ0) is 7.11. The normalized spacial score (nSPS) is 8.56. The van der Waals surface area contributed by atoms with Gasteiger partial charge in [0, 0.05) is 0 Å². The van der Waals surface area contributed by atoms with E-state index in [1.807, 2.05) is 0 Å². The van der Waals surface area contributed by atoms with E-state index < -0.39 is 0 Å². The van der Waals surface area contributed by atoms with Crippen molar-refractivity contribution in [2.45, 2.75) is 19.8 Å². The summed E-state index contributed by atoms with van der Waals surface area (Å²) >= 11 is 4.73. The molecule has 0 radical (unpaired) electrons. The molecule has 0 rings (SSSR count). The van der Waals surface area contributed by atoms with Crippen LogP contribution in [0.4, 0.5) is 0 Å². The molecule has 0 aromatic carbocycles. The van der Waals surface area contributed by atoms with Gasteiger partial charge in [0.05, 0.1) is 6.61 Å². The van der Waals surface area contributed by atoms with Crippen LogP contribution in [0, 0.1) is 0 Å². The molecule has 52 valence electrons. The van der Waals surface area contributed by atoms with Crippen LogP contribution in [0.5, 0.6) is 0 Å². The SMILES string of the molecule is C=CC(=S)OCCCC. The van der Waals surface area contributed by atoms with Gasteiger partial charge in [0.2, 0.25) is 0 Å². The third-order valence-corrected chi connectivity index (χ3v) is 1.19. The molecule has 0 fully saturated rings. The molecule has 0 aromatic heterocycles. The summed E-state index contributed by atoms with van der Waals surface area (Å²) in [6.45, 7) is 6.31. The monoisotopic (exact) mass is 144 g/mol. The van der Waals surface area contributed by atoms with Gasteiger partial charge in [-0.1, -0.05) is 19.9 Å². The molecule has 1 nitrogen and oxygen atoms in total. The maximum absolute atomic E-state index is 5.04. The number of ether oxygens (including phenoxy) is 1. The van der Waals surface area contributed by atoms with Gasteiger partial charge in [0.1, 0.15) is 0 Å². The predicted octanol–water partition coefficient (Wildman–Crippen LogP) is 2.32. The highest BCUT2D eigenvalue weighted by molar-refractivity contribution is 7.80. The van der Waals surface area contributed by atoms with Crippen molar-refractivity contribution in [2.24, 2.45) is 0 Å². The Kier molecular flexibility index (Phi) is 5.52. The molecule has 0 N–H and O–H groups in total. The smallest absolute Gasteiger partial charge is 0.183 e. The molecule has 0 spiro atoms. The summed E-state index contributed by atoms with van der Waals surface area (Å²) in [6, 6.07) is 0. The zero-order valence-corrected chi connectivity index (χ0v) is 6.54. The van der Waals surface area contributed by atoms with Crippen LogP contribution < -0.4 is 0 Å². The lowest BCUT2D eigenvalue weighted by atomic mass is 10.4. The van der Waals surface area contributed by atoms with Gasteiger partial charge < -0.3 is 4.74 Å². The summed E-state index contributed by atoms with van der Waals surface area (Å²) in [5, 5.41) is 0.503. The highest BCUT2D eigenvalue weighted by Gasteiger charge is 1.87. The average Bonchev–Trinajstić information content (AvgIpc) is 1.89. The van der Waals surface area contributed by atoms with Crippen LogP contribution in [0.3, 0.4) is 0 Å². The highest BCUT2D eigenvalue weighted by Crippen LogP contribution is 1.89. The van der Waals surface area contributed by atoms with Crippen LogP contribution in [0.2, 0.25) is 0 Å². The topological polar surface area (TPSA) is 9.23 Å². The van der Waals surface area contributed by atoms with E-state index in [1.54, 1.807) is 6.08 Å². The van der Waals surface area contributed by atoms with Crippen molar-refractivity contribution in [1.29, 1.82) is 0 Å². The molecule has 2 heteroatoms. The van der Waals surface area contributed by atoms with E-state index in [0.717, 1.165) is 19.4 Å². The number of thiocarbonyl (C=S) groups is 1. The first-order chi connectivity index (χ1) is 4.31. The van der Waals surface area contributed by atoms with Crippen LogP contribution in [0.25, 0.3) is 0 Å². The van der Waals surface area contributed by atoms with Crippen molar-refractivity contribution in [3.63, 3.8) is 0 Å². The van der Waals surface area contributed by atoms with Gasteiger partial charge in [-0.05, 0) is 24.7 Å². The number of hydrogen-bond acceptors (Lipinski definition) is 2. The summed E-state index contributed by atoms with van der Waals surface area (Å²) in [5.74, 6) is 0. The van der Waals surface area contributed by atoms with E-state index in [1.165, 1.54) is 0 Å². The van der Waals surface area contributed by atoms with Crippen LogP contribution in [0.15, 0.2) is 12.7 Å². The van der Waals surface area contributed by atoms with Crippen LogP contribution in [0.1, 0.15) is 19.8 Å². The fourth-order valence-electron chi connectivity index (χ4n) is 0.376. The van der Waals surface area contributed by atoms with Crippen molar-refractivity contribution in [2.75, 3.05) is 6.61 Å². The molecule has 0 amide bonds. The van der Waals surface area contributed by atoms with Gasteiger partial charge in [0.25, 0.3) is 0 Å². The van der Waals surface area contributed by atoms with E-state index in [2.05, 4.69) is 13.5 Å². The van der Waals surface area contributed by atoms with Crippen molar-refractivity contribution in [3.8, 4) is 0 Å². The standard InChI is InChI=1S/C7H12OS/c1-3-5-6-8-7(9)4-2/h4H,2-3,5-6H2,1H3. The molecule has 0 atom stereocenters. The fraction of sp³-hybridized carbons (Fsp3) is 0.571. The van der Waals surface area contributed by atoms with Crippen LogP contribution in [-0.2, 0) is 4.74 Å². The minimum Gasteiger partial charge on any atom is -0.483 e. The molecule has 0 aliphatic heterocycles. The summed E-state index contributed by atoms with van der Waals surface area (Å²) in [7, 11) is 0. The quantitative estimate of drug-likeness (QED) is 0.340. The average molecular weight is 144 g/mol. The third kappa shape index (κ3) is 5.50. The Bertz CT molecular complexity index is 99.1. The summed E-state index contributed by atoms with van der Waals surface area (Å²) < 4.78 is 5.04. The first-order valence-corrected chi connectivity index (χ1v) is 3.51. The van der Waals surface area contributed by atoms with Crippen molar-refractivity contribution < 1.29 is 4.74 Å². The number of unbranched alkanes of at least 4 members (excludes halogenated alkanes) is 1. The maximum atomic E-state index is 5.04. The van der Waals surface area contributed by atoms with Gasteiger partial charge in [-0.2, -0.15) is 0 Å². The predicted molar refractivity (Wildman–Crippen MR) is 43.7 cm³/mol. The molecule has 0 saturated carbocycles. The largest absolute Gasteiger partial charge is 0.483 e. The number of hydrogen-bond donors (Lipinski definition) is 0. The Labute approximate surface area is 61.7 Å². The minimum absolute atomic E-state index is 0.503. The molecule has 0 aliphatic rings. The van der Waals surface area contributed by atoms with Crippen LogP contribution in [-0.4, -0.2) is 11.7 Å². The molecule has 0 aliphatic carbocycles. The second-order valence-electron chi connectivity index (χ2n) is 1.73. The van der Waals surface area contributed by atoms with Crippen LogP contribution >= 0.6 is 12.2 Å². The summed E-state index contributed by atoms with van der Waals surface area (Å²) in [5.41, 5.74) is 0. The molecule has 9 heavy (non-hydrogen) atoms. The van der Waals surface area contributed by atoms with Crippen molar-refractivity contribution in [1.82, 2.24) is 0 Å². The molecule has 0 saturated heterocycles. The lowest BCUT2D eigenvalue weighted by Gasteiger charge is -2.00. The lowest BCUT2D eigenvalue weighted by molar-refractivity contribution is 0.307. The maximum Gasteiger partial charge on any atom is 0.183 e. The molecular formula is C7H12OS. The third-order valence-electron chi connectivity index (χ3n) is 0.909. The van der Waals surface area contributed by atoms with E-state index in [-0.39, 0.29) is 0 Å². The van der Waals surface area contributed by atoms with E-state index in [9.17, 15) is 0 Å². The van der Waals surface area contributed by atoms with Gasteiger partial charge >= 0.3 is 0 Å². The molecule has 0 heterocycles. The first-order valence-electron chi connectivity index (χ1n) is 3.10.